The van der Waals surface area contributed by atoms with E-state index in [1.165, 1.54) is 38.7 Å². The molecular weight excluding hydrogens is 955 g/mol. The molecule has 5 aromatic carbocycles. The Bertz CT molecular complexity index is 2870. The van der Waals surface area contributed by atoms with E-state index in [1.54, 1.807) is 12.5 Å². The fourth-order valence-corrected chi connectivity index (χ4v) is 9.86. The second kappa shape index (κ2) is 18.8. The van der Waals surface area contributed by atoms with Crippen molar-refractivity contribution in [2.24, 2.45) is 5.92 Å². The van der Waals surface area contributed by atoms with E-state index < -0.39 is 8.07 Å². The van der Waals surface area contributed by atoms with E-state index in [4.69, 9.17) is 13.8 Å². The zero-order valence-corrected chi connectivity index (χ0v) is 40.6. The van der Waals surface area contributed by atoms with Gasteiger partial charge in [0, 0.05) is 49.4 Å². The standard InChI is InChI=1S/C37H31N2O2.C18H24NSi.Ir/c1-23(2)29-19-28(25-10-6-5-7-11-25)20-30(24(3)4)36(29)39-34-13-9-8-12-33(34)38-37(39)32-22-41-35-15-14-26(18-31(32)35)27-16-17-40-21-27;1-14(2)11-16-12-17(15-9-7-6-8-10-15)19-13-18(16)20(3,4)5;/h5-21,23-24H,1-4H3;6-9,12-14H,11H2,1-5H3;/q2*-1;. The molecule has 4 heterocycles. The molecule has 0 aliphatic carbocycles. The van der Waals surface area contributed by atoms with Gasteiger partial charge in [-0.25, -0.2) is 0 Å². The Labute approximate surface area is 381 Å². The molecule has 0 unspecified atom stereocenters. The second-order valence-corrected chi connectivity index (χ2v) is 23.1. The third-order valence-electron chi connectivity index (χ3n) is 11.3. The molecule has 5 nitrogen and oxygen atoms in total. The first-order chi connectivity index (χ1) is 29.4. The number of para-hydroxylation sites is 2. The summed E-state index contributed by atoms with van der Waals surface area (Å²) in [6.07, 6.45) is 9.92. The smallest absolute Gasteiger partial charge is 0.0980 e. The van der Waals surface area contributed by atoms with Crippen LogP contribution in [-0.2, 0) is 26.5 Å². The van der Waals surface area contributed by atoms with Crippen LogP contribution in [0, 0.1) is 18.2 Å². The molecule has 0 saturated heterocycles. The molecule has 9 aromatic rings. The van der Waals surface area contributed by atoms with Crippen molar-refractivity contribution in [1.29, 1.82) is 0 Å². The summed E-state index contributed by atoms with van der Waals surface area (Å²) in [4.78, 5) is 9.90. The van der Waals surface area contributed by atoms with Gasteiger partial charge in [-0.1, -0.05) is 144 Å². The van der Waals surface area contributed by atoms with Gasteiger partial charge in [0.05, 0.1) is 37.5 Å². The van der Waals surface area contributed by atoms with E-state index in [-0.39, 0.29) is 31.9 Å². The van der Waals surface area contributed by atoms with Crippen molar-refractivity contribution in [3.63, 3.8) is 0 Å². The number of nitrogens with zero attached hydrogens (tertiary/aromatic N) is 3. The molecule has 0 saturated carbocycles. The third-order valence-corrected chi connectivity index (χ3v) is 13.4. The topological polar surface area (TPSA) is 57.0 Å². The third kappa shape index (κ3) is 9.27. The maximum atomic E-state index is 5.99. The van der Waals surface area contributed by atoms with Crippen molar-refractivity contribution >= 4 is 35.3 Å². The maximum Gasteiger partial charge on any atom is 0.0980 e. The number of furan rings is 2. The molecular formula is C55H55IrN3O2Si-2. The van der Waals surface area contributed by atoms with Gasteiger partial charge in [0.25, 0.3) is 0 Å². The largest absolute Gasteiger partial charge is 0.557 e. The predicted molar refractivity (Wildman–Crippen MR) is 256 cm³/mol. The molecule has 7 heteroatoms. The van der Waals surface area contributed by atoms with Crippen LogP contribution in [0.2, 0.25) is 19.6 Å². The molecule has 0 atom stereocenters. The second-order valence-electron chi connectivity index (χ2n) is 18.1. The van der Waals surface area contributed by atoms with E-state index in [9.17, 15) is 0 Å². The van der Waals surface area contributed by atoms with Crippen LogP contribution in [0.25, 0.3) is 72.6 Å². The minimum atomic E-state index is -1.34. The maximum absolute atomic E-state index is 5.99. The number of hydrogen-bond acceptors (Lipinski definition) is 4. The molecule has 0 bridgehead atoms. The molecule has 0 aliphatic heterocycles. The minimum Gasteiger partial charge on any atom is -0.557 e. The molecule has 0 N–H and O–H groups in total. The average Bonchev–Trinajstić information content (AvgIpc) is 4.03. The van der Waals surface area contributed by atoms with Crippen molar-refractivity contribution in [2.75, 3.05) is 0 Å². The van der Waals surface area contributed by atoms with E-state index in [2.05, 4.69) is 168 Å². The molecule has 0 amide bonds. The molecule has 4 aromatic heterocycles. The van der Waals surface area contributed by atoms with Gasteiger partial charge in [0.15, 0.2) is 0 Å². The Hall–Kier alpha value is -5.59. The van der Waals surface area contributed by atoms with Crippen LogP contribution in [0.5, 0.6) is 0 Å². The Morgan fingerprint density at radius 2 is 1.42 bits per heavy atom. The summed E-state index contributed by atoms with van der Waals surface area (Å²) in [5.41, 5.74) is 15.5. The SMILES string of the molecule is CC(C)Cc1cc(-c2[c-]cccc2)ncc1[Si](C)(C)C.CC(C)c1cc(-c2ccccc2)cc(C(C)C)c1-n1c(-c2[c-]oc3ccc(-c4ccoc4)cc23)nc2ccccc21.[Ir]. The number of rotatable bonds is 10. The quantitative estimate of drug-likeness (QED) is 0.101. The molecule has 9 rings (SSSR count). The van der Waals surface area contributed by atoms with Crippen LogP contribution in [0.1, 0.15) is 70.1 Å². The van der Waals surface area contributed by atoms with Crippen LogP contribution in [0.4, 0.5) is 0 Å². The Balaban J connectivity index is 0.000000233. The monoisotopic (exact) mass is 1010 g/mol. The number of pyridine rings is 1. The number of benzene rings is 5. The first-order valence-corrected chi connectivity index (χ1v) is 25.0. The first-order valence-electron chi connectivity index (χ1n) is 21.5. The summed E-state index contributed by atoms with van der Waals surface area (Å²) in [5, 5.41) is 2.46. The fraction of sp³-hybridized carbons (Fsp3) is 0.236. The minimum absolute atomic E-state index is 0. The zero-order valence-electron chi connectivity index (χ0n) is 37.2. The normalized spacial score (nSPS) is 11.7. The van der Waals surface area contributed by atoms with Crippen LogP contribution in [-0.4, -0.2) is 22.6 Å². The summed E-state index contributed by atoms with van der Waals surface area (Å²) in [7, 11) is -1.34. The molecule has 0 fully saturated rings. The summed E-state index contributed by atoms with van der Waals surface area (Å²) in [6, 6.07) is 45.5. The van der Waals surface area contributed by atoms with Gasteiger partial charge in [0.1, 0.15) is 0 Å². The van der Waals surface area contributed by atoms with E-state index in [0.29, 0.717) is 5.92 Å². The Kier molecular flexibility index (Phi) is 13.5. The molecule has 0 aliphatic rings. The fourth-order valence-electron chi connectivity index (χ4n) is 8.27. The van der Waals surface area contributed by atoms with Crippen molar-refractivity contribution < 1.29 is 28.9 Å². The van der Waals surface area contributed by atoms with E-state index >= 15 is 0 Å². The Morgan fingerprint density at radius 3 is 2.06 bits per heavy atom. The van der Waals surface area contributed by atoms with Gasteiger partial charge in [-0.2, -0.15) is 0 Å². The Morgan fingerprint density at radius 1 is 0.710 bits per heavy atom. The van der Waals surface area contributed by atoms with Crippen molar-refractivity contribution in [3.05, 3.63) is 169 Å². The zero-order chi connectivity index (χ0) is 42.8. The van der Waals surface area contributed by atoms with Crippen molar-refractivity contribution in [2.45, 2.75) is 79.4 Å². The number of hydrogen-bond donors (Lipinski definition) is 0. The van der Waals surface area contributed by atoms with E-state index in [0.717, 1.165) is 62.2 Å². The number of imidazole rings is 1. The van der Waals surface area contributed by atoms with Crippen molar-refractivity contribution in [1.82, 2.24) is 14.5 Å². The molecule has 1 radical (unpaired) electrons. The number of aromatic nitrogens is 3. The number of fused-ring (bicyclic) bond motifs is 2. The van der Waals surface area contributed by atoms with Gasteiger partial charge in [-0.3, -0.25) is 4.98 Å². The molecule has 317 valence electrons. The van der Waals surface area contributed by atoms with Gasteiger partial charge in [-0.15, -0.1) is 35.9 Å². The van der Waals surface area contributed by atoms with Crippen LogP contribution in [0.15, 0.2) is 149 Å². The van der Waals surface area contributed by atoms with Gasteiger partial charge < -0.3 is 18.4 Å². The average molecular weight is 1010 g/mol. The van der Waals surface area contributed by atoms with Gasteiger partial charge in [-0.05, 0) is 93.2 Å². The summed E-state index contributed by atoms with van der Waals surface area (Å²) in [5.74, 6) is 2.07. The molecule has 0 spiro atoms. The van der Waals surface area contributed by atoms with E-state index in [1.807, 2.05) is 42.5 Å². The van der Waals surface area contributed by atoms with Crippen LogP contribution < -0.4 is 5.19 Å². The summed E-state index contributed by atoms with van der Waals surface area (Å²) < 4.78 is 13.7. The summed E-state index contributed by atoms with van der Waals surface area (Å²) in [6.45, 7) is 20.8. The van der Waals surface area contributed by atoms with Crippen molar-refractivity contribution in [3.8, 4) is 50.6 Å². The van der Waals surface area contributed by atoms with Gasteiger partial charge in [0.2, 0.25) is 0 Å². The summed E-state index contributed by atoms with van der Waals surface area (Å²) >= 11 is 0. The predicted octanol–water partition coefficient (Wildman–Crippen LogP) is 14.7. The van der Waals surface area contributed by atoms with Crippen LogP contribution in [0.3, 0.4) is 0 Å². The van der Waals surface area contributed by atoms with Crippen LogP contribution >= 0.6 is 0 Å². The first kappa shape index (κ1) is 44.5. The van der Waals surface area contributed by atoms with Gasteiger partial charge >= 0.3 is 0 Å². The molecule has 62 heavy (non-hydrogen) atoms.